The number of hydrogen-bond acceptors (Lipinski definition) is 4. The van der Waals surface area contributed by atoms with Gasteiger partial charge in [-0.3, -0.25) is 5.01 Å². The van der Waals surface area contributed by atoms with Gasteiger partial charge >= 0.3 is 0 Å². The van der Waals surface area contributed by atoms with Crippen molar-refractivity contribution in [3.8, 4) is 0 Å². The zero-order valence-electron chi connectivity index (χ0n) is 7.03. The van der Waals surface area contributed by atoms with Gasteiger partial charge in [0.25, 0.3) is 0 Å². The van der Waals surface area contributed by atoms with Crippen molar-refractivity contribution in [2.24, 2.45) is 4.99 Å². The molecule has 0 amide bonds. The third kappa shape index (κ3) is 1.11. The second-order valence-corrected chi connectivity index (χ2v) is 3.37. The highest BCUT2D eigenvalue weighted by Crippen LogP contribution is 2.19. The van der Waals surface area contributed by atoms with Crippen molar-refractivity contribution >= 4 is 23.0 Å². The molecule has 0 aromatic heterocycles. The summed E-state index contributed by atoms with van der Waals surface area (Å²) < 4.78 is 0. The monoisotopic (exact) mass is 182 g/mol. The molecule has 0 aliphatic carbocycles. The molecule has 1 N–H and O–H groups in total. The first-order valence-electron chi connectivity index (χ1n) is 3.75. The number of thiocarbonyl (C=S) groups is 1. The summed E-state index contributed by atoms with van der Waals surface area (Å²) in [7, 11) is 1.95. The van der Waals surface area contributed by atoms with Crippen LogP contribution in [-0.2, 0) is 0 Å². The van der Waals surface area contributed by atoms with E-state index in [-0.39, 0.29) is 0 Å². The molecule has 2 aliphatic rings. The summed E-state index contributed by atoms with van der Waals surface area (Å²) in [5, 5.41) is 3.83. The third-order valence-corrected chi connectivity index (χ3v) is 2.07. The normalized spacial score (nSPS) is 22.3. The van der Waals surface area contributed by atoms with Gasteiger partial charge in [-0.1, -0.05) is 12.2 Å². The number of hydrazine groups is 2. The maximum atomic E-state index is 5.04. The largest absolute Gasteiger partial charge is 0.299 e. The minimum Gasteiger partial charge on any atom is -0.299 e. The van der Waals surface area contributed by atoms with Crippen LogP contribution in [0.4, 0.5) is 0 Å². The van der Waals surface area contributed by atoms with E-state index in [1.165, 1.54) is 0 Å². The lowest BCUT2D eigenvalue weighted by molar-refractivity contribution is 0.222. The fourth-order valence-electron chi connectivity index (χ4n) is 1.36. The van der Waals surface area contributed by atoms with Gasteiger partial charge in [0, 0.05) is 19.7 Å². The first-order chi connectivity index (χ1) is 5.66. The molecule has 0 fully saturated rings. The van der Waals surface area contributed by atoms with Crippen LogP contribution < -0.4 is 5.53 Å². The number of aliphatic imine (C=N–C) groups is 1. The number of fused-ring (bicyclic) bond motifs is 1. The van der Waals surface area contributed by atoms with Crippen molar-refractivity contribution in [1.82, 2.24) is 15.6 Å². The molecule has 0 aromatic rings. The first kappa shape index (κ1) is 7.70. The summed E-state index contributed by atoms with van der Waals surface area (Å²) in [5.41, 5.74) is 4.27. The van der Waals surface area contributed by atoms with Gasteiger partial charge in [0.1, 0.15) is 10.8 Å². The van der Waals surface area contributed by atoms with Crippen molar-refractivity contribution in [3.05, 3.63) is 11.9 Å². The van der Waals surface area contributed by atoms with Crippen LogP contribution >= 0.6 is 12.2 Å². The highest BCUT2D eigenvalue weighted by Gasteiger charge is 2.25. The lowest BCUT2D eigenvalue weighted by atomic mass is 10.3. The minimum atomic E-state index is 0.754. The summed E-state index contributed by atoms with van der Waals surface area (Å²) >= 11 is 5.04. The SMILES string of the molecule is CC1=NC(=S)CC2=CN(C)NN21. The number of rotatable bonds is 0. The van der Waals surface area contributed by atoms with Gasteiger partial charge in [0.05, 0.1) is 5.70 Å². The topological polar surface area (TPSA) is 30.9 Å². The third-order valence-electron chi connectivity index (χ3n) is 1.83. The van der Waals surface area contributed by atoms with E-state index >= 15 is 0 Å². The van der Waals surface area contributed by atoms with E-state index in [0.717, 1.165) is 22.9 Å². The lowest BCUT2D eigenvalue weighted by Gasteiger charge is -2.25. The Labute approximate surface area is 76.5 Å². The van der Waals surface area contributed by atoms with Crippen LogP contribution in [-0.4, -0.2) is 27.9 Å². The van der Waals surface area contributed by atoms with Crippen LogP contribution in [0.2, 0.25) is 0 Å². The molecule has 12 heavy (non-hydrogen) atoms. The Morgan fingerprint density at radius 2 is 2.42 bits per heavy atom. The Balaban J connectivity index is 2.34. The van der Waals surface area contributed by atoms with E-state index in [2.05, 4.69) is 10.5 Å². The van der Waals surface area contributed by atoms with Crippen LogP contribution in [0, 0.1) is 0 Å². The quantitative estimate of drug-likeness (QED) is 0.557. The molecule has 64 valence electrons. The molecule has 0 saturated heterocycles. The summed E-state index contributed by atoms with van der Waals surface area (Å²) in [6.07, 6.45) is 2.77. The molecule has 2 aliphatic heterocycles. The van der Waals surface area contributed by atoms with E-state index in [1.54, 1.807) is 0 Å². The maximum Gasteiger partial charge on any atom is 0.123 e. The first-order valence-corrected chi connectivity index (χ1v) is 4.16. The standard InChI is InChI=1S/C7H10N4S/c1-5-8-7(12)3-6-4-10(2)9-11(5)6/h4,9H,3H2,1-2H3. The Hall–Kier alpha value is -0.940. The zero-order chi connectivity index (χ0) is 8.72. The molecule has 4 nitrogen and oxygen atoms in total. The average molecular weight is 182 g/mol. The summed E-state index contributed by atoms with van der Waals surface area (Å²) in [6, 6.07) is 0. The van der Waals surface area contributed by atoms with Crippen LogP contribution in [0.1, 0.15) is 13.3 Å². The highest BCUT2D eigenvalue weighted by atomic mass is 32.1. The van der Waals surface area contributed by atoms with Crippen molar-refractivity contribution in [1.29, 1.82) is 0 Å². The number of hydrogen-bond donors (Lipinski definition) is 1. The van der Waals surface area contributed by atoms with Crippen LogP contribution in [0.15, 0.2) is 16.9 Å². The molecule has 5 heteroatoms. The predicted molar refractivity (Wildman–Crippen MR) is 51.1 cm³/mol. The molecule has 0 atom stereocenters. The van der Waals surface area contributed by atoms with E-state index in [9.17, 15) is 0 Å². The summed E-state index contributed by atoms with van der Waals surface area (Å²) in [6.45, 7) is 1.94. The molecule has 0 spiro atoms. The number of nitrogens with one attached hydrogen (secondary N) is 1. The van der Waals surface area contributed by atoms with Gasteiger partial charge in [-0.2, -0.15) is 0 Å². The van der Waals surface area contributed by atoms with Gasteiger partial charge < -0.3 is 0 Å². The van der Waals surface area contributed by atoms with Gasteiger partial charge in [-0.25, -0.2) is 10.0 Å². The molecule has 0 radical (unpaired) electrons. The van der Waals surface area contributed by atoms with Crippen molar-refractivity contribution < 1.29 is 0 Å². The van der Waals surface area contributed by atoms with Crippen LogP contribution in [0.25, 0.3) is 0 Å². The molecule has 0 saturated carbocycles. The Bertz CT molecular complexity index is 294. The summed E-state index contributed by atoms with van der Waals surface area (Å²) in [4.78, 5) is 4.96. The van der Waals surface area contributed by atoms with E-state index in [4.69, 9.17) is 12.2 Å². The number of amidine groups is 1. The molecule has 0 bridgehead atoms. The second kappa shape index (κ2) is 2.53. The average Bonchev–Trinajstić information content (AvgIpc) is 2.29. The second-order valence-electron chi connectivity index (χ2n) is 2.90. The molecule has 0 unspecified atom stereocenters. The fourth-order valence-corrected chi connectivity index (χ4v) is 1.64. The number of nitrogens with zero attached hydrogens (tertiary/aromatic N) is 3. The van der Waals surface area contributed by atoms with Gasteiger partial charge in [-0.15, -0.1) is 5.53 Å². The fraction of sp³-hybridized carbons (Fsp3) is 0.429. The van der Waals surface area contributed by atoms with Crippen LogP contribution in [0.5, 0.6) is 0 Å². The highest BCUT2D eigenvalue weighted by molar-refractivity contribution is 7.80. The molecular weight excluding hydrogens is 172 g/mol. The molecule has 2 heterocycles. The van der Waals surface area contributed by atoms with E-state index in [1.807, 2.05) is 30.2 Å². The van der Waals surface area contributed by atoms with E-state index in [0.29, 0.717) is 0 Å². The molecular formula is C7H10N4S. The van der Waals surface area contributed by atoms with Crippen LogP contribution in [0.3, 0.4) is 0 Å². The smallest absolute Gasteiger partial charge is 0.123 e. The maximum absolute atomic E-state index is 5.04. The van der Waals surface area contributed by atoms with Crippen molar-refractivity contribution in [2.45, 2.75) is 13.3 Å². The van der Waals surface area contributed by atoms with Gasteiger partial charge in [-0.05, 0) is 6.92 Å². The predicted octanol–water partition coefficient (Wildman–Crippen LogP) is 0.644. The van der Waals surface area contributed by atoms with Gasteiger partial charge in [0.15, 0.2) is 0 Å². The lowest BCUT2D eigenvalue weighted by Crippen LogP contribution is -2.43. The Morgan fingerprint density at radius 3 is 3.17 bits per heavy atom. The van der Waals surface area contributed by atoms with E-state index < -0.39 is 0 Å². The molecule has 0 aromatic carbocycles. The van der Waals surface area contributed by atoms with Crippen molar-refractivity contribution in [2.75, 3.05) is 7.05 Å². The minimum absolute atomic E-state index is 0.754. The Morgan fingerprint density at radius 1 is 1.67 bits per heavy atom. The molecule has 2 rings (SSSR count). The van der Waals surface area contributed by atoms with Gasteiger partial charge in [0.2, 0.25) is 0 Å². The summed E-state index contributed by atoms with van der Waals surface area (Å²) in [5.74, 6) is 0.904. The Kier molecular flexibility index (Phi) is 1.62. The van der Waals surface area contributed by atoms with Crippen molar-refractivity contribution in [3.63, 3.8) is 0 Å². The zero-order valence-corrected chi connectivity index (χ0v) is 7.85.